The molecular weight excluding hydrogens is 289 g/mol. The zero-order valence-electron chi connectivity index (χ0n) is 12.5. The van der Waals surface area contributed by atoms with E-state index in [1.54, 1.807) is 4.90 Å². The Bertz CT molecular complexity index is 559. The molecule has 0 aliphatic carbocycles. The minimum Gasteiger partial charge on any atom is -0.335 e. The third kappa shape index (κ3) is 3.59. The zero-order chi connectivity index (χ0) is 16.1. The minimum atomic E-state index is -0.643. The number of nitrogens with one attached hydrogen (secondary N) is 1. The van der Waals surface area contributed by atoms with Crippen LogP contribution < -0.4 is 5.32 Å². The van der Waals surface area contributed by atoms with E-state index < -0.39 is 16.6 Å². The third-order valence-electron chi connectivity index (χ3n) is 3.86. The van der Waals surface area contributed by atoms with Gasteiger partial charge in [-0.2, -0.15) is 0 Å². The molecule has 1 amide bonds. The summed E-state index contributed by atoms with van der Waals surface area (Å²) in [6, 6.07) is 3.06. The highest BCUT2D eigenvalue weighted by Gasteiger charge is 2.30. The number of hydrogen-bond donors (Lipinski definition) is 1. The van der Waals surface area contributed by atoms with Gasteiger partial charge in [0, 0.05) is 18.7 Å². The summed E-state index contributed by atoms with van der Waals surface area (Å²) in [6.07, 6.45) is 2.35. The first-order chi connectivity index (χ1) is 10.5. The average molecular weight is 309 g/mol. The van der Waals surface area contributed by atoms with Crippen molar-refractivity contribution in [2.45, 2.75) is 32.2 Å². The lowest BCUT2D eigenvalue weighted by atomic mass is 10.0. The average Bonchev–Trinajstić information content (AvgIpc) is 2.52. The number of halogens is 1. The summed E-state index contributed by atoms with van der Waals surface area (Å²) >= 11 is 0. The molecule has 1 saturated heterocycles. The van der Waals surface area contributed by atoms with E-state index in [1.165, 1.54) is 0 Å². The van der Waals surface area contributed by atoms with Crippen LogP contribution in [0.25, 0.3) is 0 Å². The second kappa shape index (κ2) is 7.31. The highest BCUT2D eigenvalue weighted by molar-refractivity contribution is 5.98. The molecule has 6 nitrogen and oxygen atoms in total. The fraction of sp³-hybridized carbons (Fsp3) is 0.533. The molecule has 1 N–H and O–H groups in total. The summed E-state index contributed by atoms with van der Waals surface area (Å²) in [5.41, 5.74) is -0.515. The standard InChI is InChI=1S/C15H20FN3O3/c1-2-9-18(12-5-7-17-8-6-12)15(20)13-10-11(16)3-4-14(13)19(21)22/h3-4,10,12,17H,2,5-9H2,1H3. The Morgan fingerprint density at radius 2 is 2.14 bits per heavy atom. The summed E-state index contributed by atoms with van der Waals surface area (Å²) in [4.78, 5) is 24.9. The van der Waals surface area contributed by atoms with Crippen LogP contribution in [0.2, 0.25) is 0 Å². The number of piperidine rings is 1. The van der Waals surface area contributed by atoms with Crippen LogP contribution in [-0.4, -0.2) is 41.4 Å². The van der Waals surface area contributed by atoms with E-state index in [0.717, 1.165) is 50.6 Å². The quantitative estimate of drug-likeness (QED) is 0.669. The number of benzene rings is 1. The van der Waals surface area contributed by atoms with E-state index >= 15 is 0 Å². The zero-order valence-corrected chi connectivity index (χ0v) is 12.5. The molecule has 1 aromatic carbocycles. The molecule has 0 aromatic heterocycles. The molecule has 0 saturated carbocycles. The van der Waals surface area contributed by atoms with Crippen LogP contribution in [0.4, 0.5) is 10.1 Å². The van der Waals surface area contributed by atoms with Crippen LogP contribution in [0.1, 0.15) is 36.5 Å². The second-order valence-electron chi connectivity index (χ2n) is 5.40. The molecule has 1 aliphatic rings. The normalized spacial score (nSPS) is 15.5. The van der Waals surface area contributed by atoms with Crippen molar-refractivity contribution in [3.8, 4) is 0 Å². The van der Waals surface area contributed by atoms with Crippen LogP contribution >= 0.6 is 0 Å². The maximum absolute atomic E-state index is 13.5. The number of carbonyl (C=O) groups is 1. The minimum absolute atomic E-state index is 0.0385. The number of nitro groups is 1. The van der Waals surface area contributed by atoms with Gasteiger partial charge in [0.1, 0.15) is 11.4 Å². The van der Waals surface area contributed by atoms with E-state index in [-0.39, 0.29) is 17.3 Å². The number of nitrogens with zero attached hydrogens (tertiary/aromatic N) is 2. The lowest BCUT2D eigenvalue weighted by Crippen LogP contribution is -2.46. The summed E-state index contributed by atoms with van der Waals surface area (Å²) < 4.78 is 13.5. The van der Waals surface area contributed by atoms with Crippen LogP contribution in [0.15, 0.2) is 18.2 Å². The van der Waals surface area contributed by atoms with Crippen molar-refractivity contribution in [2.24, 2.45) is 0 Å². The van der Waals surface area contributed by atoms with Gasteiger partial charge in [-0.1, -0.05) is 6.92 Å². The van der Waals surface area contributed by atoms with E-state index in [1.807, 2.05) is 6.92 Å². The van der Waals surface area contributed by atoms with Gasteiger partial charge in [-0.25, -0.2) is 4.39 Å². The van der Waals surface area contributed by atoms with Crippen LogP contribution in [0, 0.1) is 15.9 Å². The van der Waals surface area contributed by atoms with Gasteiger partial charge in [-0.15, -0.1) is 0 Å². The van der Waals surface area contributed by atoms with Crippen molar-refractivity contribution in [1.82, 2.24) is 10.2 Å². The molecule has 7 heteroatoms. The number of amides is 1. The summed E-state index contributed by atoms with van der Waals surface area (Å²) in [7, 11) is 0. The third-order valence-corrected chi connectivity index (χ3v) is 3.86. The van der Waals surface area contributed by atoms with Crippen LogP contribution in [0.5, 0.6) is 0 Å². The van der Waals surface area contributed by atoms with Gasteiger partial charge >= 0.3 is 0 Å². The number of carbonyl (C=O) groups excluding carboxylic acids is 1. The van der Waals surface area contributed by atoms with Gasteiger partial charge in [-0.3, -0.25) is 14.9 Å². The van der Waals surface area contributed by atoms with E-state index in [4.69, 9.17) is 0 Å². The number of nitro benzene ring substituents is 1. The van der Waals surface area contributed by atoms with Crippen molar-refractivity contribution in [3.05, 3.63) is 39.7 Å². The number of hydrogen-bond acceptors (Lipinski definition) is 4. The van der Waals surface area contributed by atoms with E-state index in [2.05, 4.69) is 5.32 Å². The number of rotatable bonds is 5. The first-order valence-electron chi connectivity index (χ1n) is 7.50. The molecule has 1 aliphatic heterocycles. The Morgan fingerprint density at radius 3 is 2.73 bits per heavy atom. The Hall–Kier alpha value is -2.02. The van der Waals surface area contributed by atoms with E-state index in [0.29, 0.717) is 6.54 Å². The van der Waals surface area contributed by atoms with Crippen molar-refractivity contribution in [3.63, 3.8) is 0 Å². The van der Waals surface area contributed by atoms with E-state index in [9.17, 15) is 19.3 Å². The lowest BCUT2D eigenvalue weighted by Gasteiger charge is -2.34. The van der Waals surface area contributed by atoms with Crippen molar-refractivity contribution < 1.29 is 14.1 Å². The lowest BCUT2D eigenvalue weighted by molar-refractivity contribution is -0.385. The fourth-order valence-electron chi connectivity index (χ4n) is 2.80. The van der Waals surface area contributed by atoms with Crippen molar-refractivity contribution in [1.29, 1.82) is 0 Å². The first-order valence-corrected chi connectivity index (χ1v) is 7.50. The molecule has 0 unspecified atom stereocenters. The molecule has 0 spiro atoms. The Balaban J connectivity index is 2.33. The predicted octanol–water partition coefficient (Wildman–Crippen LogP) is 2.34. The maximum atomic E-state index is 13.5. The van der Waals surface area contributed by atoms with Gasteiger partial charge in [0.05, 0.1) is 4.92 Å². The Labute approximate surface area is 128 Å². The second-order valence-corrected chi connectivity index (χ2v) is 5.40. The smallest absolute Gasteiger partial charge is 0.282 e. The first kappa shape index (κ1) is 16.4. The van der Waals surface area contributed by atoms with Crippen LogP contribution in [0.3, 0.4) is 0 Å². The molecule has 22 heavy (non-hydrogen) atoms. The highest BCUT2D eigenvalue weighted by Crippen LogP contribution is 2.24. The van der Waals surface area contributed by atoms with Gasteiger partial charge in [0.15, 0.2) is 0 Å². The monoisotopic (exact) mass is 309 g/mol. The Kier molecular flexibility index (Phi) is 5.43. The maximum Gasteiger partial charge on any atom is 0.282 e. The van der Waals surface area contributed by atoms with Gasteiger partial charge < -0.3 is 10.2 Å². The molecule has 1 aromatic rings. The van der Waals surface area contributed by atoms with Crippen molar-refractivity contribution in [2.75, 3.05) is 19.6 Å². The Morgan fingerprint density at radius 1 is 1.45 bits per heavy atom. The summed E-state index contributed by atoms with van der Waals surface area (Å²) in [5.74, 6) is -1.10. The fourth-order valence-corrected chi connectivity index (χ4v) is 2.80. The molecule has 2 rings (SSSR count). The summed E-state index contributed by atoms with van der Waals surface area (Å²) in [5, 5.41) is 14.3. The molecule has 0 atom stereocenters. The molecule has 120 valence electrons. The molecule has 1 fully saturated rings. The molecule has 1 heterocycles. The summed E-state index contributed by atoms with van der Waals surface area (Å²) in [6.45, 7) is 4.07. The van der Waals surface area contributed by atoms with Gasteiger partial charge in [0.25, 0.3) is 11.6 Å². The topological polar surface area (TPSA) is 75.5 Å². The molecule has 0 bridgehead atoms. The SMILES string of the molecule is CCCN(C(=O)c1cc(F)ccc1[N+](=O)[O-])C1CCNCC1. The highest BCUT2D eigenvalue weighted by atomic mass is 19.1. The van der Waals surface area contributed by atoms with Gasteiger partial charge in [0.2, 0.25) is 0 Å². The molecule has 0 radical (unpaired) electrons. The predicted molar refractivity (Wildman–Crippen MR) is 80.3 cm³/mol. The van der Waals surface area contributed by atoms with Crippen molar-refractivity contribution >= 4 is 11.6 Å². The van der Waals surface area contributed by atoms with Crippen LogP contribution in [-0.2, 0) is 0 Å². The van der Waals surface area contributed by atoms with Gasteiger partial charge in [-0.05, 0) is 44.5 Å². The molecular formula is C15H20FN3O3. The largest absolute Gasteiger partial charge is 0.335 e.